The van der Waals surface area contributed by atoms with Gasteiger partial charge in [-0.05, 0) is 57.6 Å². The van der Waals surface area contributed by atoms with Crippen LogP contribution in [0.1, 0.15) is 71.5 Å². The lowest BCUT2D eigenvalue weighted by Crippen LogP contribution is -2.55. The Balaban J connectivity index is 1.63. The lowest BCUT2D eigenvalue weighted by atomic mass is 9.52. The molecule has 3 aliphatic heterocycles. The number of aliphatic carboxylic acids is 1. The maximum Gasteiger partial charge on any atom is 0.310 e. The van der Waals surface area contributed by atoms with E-state index in [1.54, 1.807) is 12.5 Å². The summed E-state index contributed by atoms with van der Waals surface area (Å²) in [5, 5.41) is 11.8. The number of fused-ring (bicyclic) bond motifs is 2. The summed E-state index contributed by atoms with van der Waals surface area (Å²) in [7, 11) is 0. The summed E-state index contributed by atoms with van der Waals surface area (Å²) in [6.07, 6.45) is 3.83. The van der Waals surface area contributed by atoms with Crippen LogP contribution in [0.15, 0.2) is 34.2 Å². The van der Waals surface area contributed by atoms with Crippen LogP contribution in [0.3, 0.4) is 0 Å². The molecule has 4 heterocycles. The standard InChI is InChI=1S/C26H32O8/c1-14-16(5-7-25(4)17(14)9-22(30)33-23(25)15-6-8-31-12-15)26-13-32-21(29)11-19(26)34-24(2,3)18(26)10-20(27)28/h6,8,12,16,18-19,23H,5,7,9-11,13H2,1-4H3,(H,27,28)/p-1/t16-,18-,19-,23-,25+,26+/m0/s1. The molecular weight excluding hydrogens is 440 g/mol. The van der Waals surface area contributed by atoms with Gasteiger partial charge in [0.25, 0.3) is 0 Å². The second-order valence-electron chi connectivity index (χ2n) is 11.1. The highest BCUT2D eigenvalue weighted by molar-refractivity contribution is 5.76. The van der Waals surface area contributed by atoms with E-state index in [4.69, 9.17) is 18.6 Å². The van der Waals surface area contributed by atoms with Crippen molar-refractivity contribution in [2.24, 2.45) is 22.7 Å². The highest BCUT2D eigenvalue weighted by Gasteiger charge is 2.66. The molecule has 8 heteroatoms. The Morgan fingerprint density at radius 1 is 1.21 bits per heavy atom. The molecule has 0 unspecified atom stereocenters. The van der Waals surface area contributed by atoms with Gasteiger partial charge in [-0.2, -0.15) is 0 Å². The predicted molar refractivity (Wildman–Crippen MR) is 116 cm³/mol. The number of carboxylic acids is 1. The second kappa shape index (κ2) is 7.70. The van der Waals surface area contributed by atoms with Crippen molar-refractivity contribution in [2.45, 2.75) is 77.6 Å². The molecule has 6 atom stereocenters. The molecule has 34 heavy (non-hydrogen) atoms. The van der Waals surface area contributed by atoms with E-state index in [1.165, 1.54) is 0 Å². The fourth-order valence-corrected chi connectivity index (χ4v) is 7.52. The smallest absolute Gasteiger partial charge is 0.310 e. The predicted octanol–water partition coefficient (Wildman–Crippen LogP) is 2.87. The van der Waals surface area contributed by atoms with Crippen LogP contribution in [0.5, 0.6) is 0 Å². The molecule has 4 aliphatic rings. The number of carbonyl (C=O) groups excluding carboxylic acids is 3. The van der Waals surface area contributed by atoms with Gasteiger partial charge in [-0.15, -0.1) is 0 Å². The minimum atomic E-state index is -1.15. The lowest BCUT2D eigenvalue weighted by Gasteiger charge is -2.54. The van der Waals surface area contributed by atoms with E-state index in [0.29, 0.717) is 0 Å². The molecule has 8 nitrogen and oxygen atoms in total. The summed E-state index contributed by atoms with van der Waals surface area (Å²) in [5.74, 6) is -2.29. The third kappa shape index (κ3) is 3.25. The third-order valence-corrected chi connectivity index (χ3v) is 9.02. The Hall–Kier alpha value is -2.61. The maximum absolute atomic E-state index is 12.7. The average Bonchev–Trinajstić information content (AvgIpc) is 3.35. The van der Waals surface area contributed by atoms with Gasteiger partial charge in [0.1, 0.15) is 12.7 Å². The van der Waals surface area contributed by atoms with Gasteiger partial charge < -0.3 is 28.5 Å². The number of hydrogen-bond donors (Lipinski definition) is 0. The molecule has 0 radical (unpaired) electrons. The number of carboxylic acid groups (broad SMARTS) is 1. The number of ether oxygens (including phenoxy) is 3. The molecule has 5 rings (SSSR count). The summed E-state index contributed by atoms with van der Waals surface area (Å²) < 4.78 is 23.1. The van der Waals surface area contributed by atoms with Crippen LogP contribution in [-0.4, -0.2) is 36.2 Å². The zero-order valence-electron chi connectivity index (χ0n) is 20.1. The number of cyclic esters (lactones) is 2. The van der Waals surface area contributed by atoms with E-state index in [0.717, 1.165) is 29.6 Å². The van der Waals surface area contributed by atoms with Crippen LogP contribution in [0.25, 0.3) is 0 Å². The molecule has 1 aromatic heterocycles. The Morgan fingerprint density at radius 3 is 2.65 bits per heavy atom. The second-order valence-corrected chi connectivity index (χ2v) is 11.1. The summed E-state index contributed by atoms with van der Waals surface area (Å²) in [6.45, 7) is 8.02. The monoisotopic (exact) mass is 471 g/mol. The van der Waals surface area contributed by atoms with Crippen LogP contribution < -0.4 is 5.11 Å². The molecule has 3 saturated heterocycles. The van der Waals surface area contributed by atoms with Gasteiger partial charge >= 0.3 is 11.9 Å². The van der Waals surface area contributed by atoms with Crippen molar-refractivity contribution in [1.82, 2.24) is 0 Å². The Labute approximate surface area is 198 Å². The highest BCUT2D eigenvalue weighted by atomic mass is 16.6. The van der Waals surface area contributed by atoms with Crippen molar-refractivity contribution in [3.8, 4) is 0 Å². The number of rotatable bonds is 4. The van der Waals surface area contributed by atoms with Gasteiger partial charge in [-0.1, -0.05) is 12.5 Å². The number of hydrogen-bond acceptors (Lipinski definition) is 8. The fourth-order valence-electron chi connectivity index (χ4n) is 7.52. The van der Waals surface area contributed by atoms with Crippen molar-refractivity contribution in [1.29, 1.82) is 0 Å². The summed E-state index contributed by atoms with van der Waals surface area (Å²) in [4.78, 5) is 36.8. The Morgan fingerprint density at radius 2 is 1.97 bits per heavy atom. The number of esters is 2. The van der Waals surface area contributed by atoms with Gasteiger partial charge in [0.05, 0.1) is 37.1 Å². The van der Waals surface area contributed by atoms with Crippen LogP contribution >= 0.6 is 0 Å². The van der Waals surface area contributed by atoms with Crippen LogP contribution in [0, 0.1) is 22.7 Å². The molecule has 0 amide bonds. The quantitative estimate of drug-likeness (QED) is 0.486. The molecule has 3 fully saturated rings. The molecule has 1 aromatic rings. The van der Waals surface area contributed by atoms with Crippen LogP contribution in [0.2, 0.25) is 0 Å². The minimum absolute atomic E-state index is 0.0864. The highest BCUT2D eigenvalue weighted by Crippen LogP contribution is 2.64. The largest absolute Gasteiger partial charge is 0.550 e. The van der Waals surface area contributed by atoms with Gasteiger partial charge in [0.2, 0.25) is 0 Å². The van der Waals surface area contributed by atoms with E-state index < -0.39 is 40.5 Å². The lowest BCUT2D eigenvalue weighted by molar-refractivity contribution is -0.308. The molecule has 1 aliphatic carbocycles. The average molecular weight is 472 g/mol. The van der Waals surface area contributed by atoms with Crippen molar-refractivity contribution >= 4 is 17.9 Å². The van der Waals surface area contributed by atoms with Gasteiger partial charge in [0.15, 0.2) is 0 Å². The van der Waals surface area contributed by atoms with E-state index in [2.05, 4.69) is 6.92 Å². The summed E-state index contributed by atoms with van der Waals surface area (Å²) >= 11 is 0. The molecule has 0 bridgehead atoms. The van der Waals surface area contributed by atoms with Gasteiger partial charge in [0, 0.05) is 28.3 Å². The molecule has 0 N–H and O–H groups in total. The van der Waals surface area contributed by atoms with E-state index in [9.17, 15) is 19.5 Å². The topological polar surface area (TPSA) is 115 Å². The fraction of sp³-hybridized carbons (Fsp3) is 0.654. The van der Waals surface area contributed by atoms with Crippen molar-refractivity contribution < 1.29 is 38.1 Å². The first-order valence-electron chi connectivity index (χ1n) is 11.9. The third-order valence-electron chi connectivity index (χ3n) is 9.02. The first-order valence-corrected chi connectivity index (χ1v) is 11.9. The zero-order valence-corrected chi connectivity index (χ0v) is 20.1. The van der Waals surface area contributed by atoms with Gasteiger partial charge in [-0.3, -0.25) is 9.59 Å². The number of furan rings is 1. The molecule has 0 saturated carbocycles. The first-order chi connectivity index (χ1) is 16.0. The van der Waals surface area contributed by atoms with Crippen molar-refractivity contribution in [3.05, 3.63) is 35.3 Å². The van der Waals surface area contributed by atoms with E-state index in [1.807, 2.05) is 26.8 Å². The summed E-state index contributed by atoms with van der Waals surface area (Å²) in [5.41, 5.74) is 1.01. The first kappa shape index (κ1) is 23.1. The van der Waals surface area contributed by atoms with Crippen LogP contribution in [0.4, 0.5) is 0 Å². The number of allylic oxidation sites excluding steroid dienone is 1. The minimum Gasteiger partial charge on any atom is -0.550 e. The number of carbonyl (C=O) groups is 3. The van der Waals surface area contributed by atoms with Crippen LogP contribution in [-0.2, 0) is 28.6 Å². The maximum atomic E-state index is 12.7. The van der Waals surface area contributed by atoms with Crippen molar-refractivity contribution in [3.63, 3.8) is 0 Å². The SMILES string of the molecule is CC1=C2CC(=O)O[C@@H](c3ccoc3)[C@]2(C)CC[C@@H]1[C@@]12COC(=O)C[C@@H]1OC(C)(C)[C@@H]2CC(=O)[O-]. The van der Waals surface area contributed by atoms with Crippen molar-refractivity contribution in [2.75, 3.05) is 6.61 Å². The van der Waals surface area contributed by atoms with E-state index >= 15 is 0 Å². The van der Waals surface area contributed by atoms with E-state index in [-0.39, 0.29) is 43.7 Å². The normalized spacial score (nSPS) is 39.2. The summed E-state index contributed by atoms with van der Waals surface area (Å²) in [6, 6.07) is 1.83. The molecule has 184 valence electrons. The Bertz CT molecular complexity index is 1050. The molecule has 0 spiro atoms. The molecular formula is C26H31O8-. The Kier molecular flexibility index (Phi) is 5.24. The van der Waals surface area contributed by atoms with Gasteiger partial charge in [-0.25, -0.2) is 0 Å². The molecule has 0 aromatic carbocycles. The zero-order chi connectivity index (χ0) is 24.5.